The fourth-order valence-corrected chi connectivity index (χ4v) is 5.29. The number of benzene rings is 1. The van der Waals surface area contributed by atoms with Crippen LogP contribution in [0.3, 0.4) is 0 Å². The van der Waals surface area contributed by atoms with Gasteiger partial charge < -0.3 is 23.8 Å². The third kappa shape index (κ3) is 4.74. The zero-order valence-electron chi connectivity index (χ0n) is 15.5. The van der Waals surface area contributed by atoms with Crippen LogP contribution in [0.1, 0.15) is 25.2 Å². The topological polar surface area (TPSA) is 71.5 Å². The van der Waals surface area contributed by atoms with Crippen molar-refractivity contribution in [3.05, 3.63) is 23.8 Å². The number of nitrogens with zero attached hydrogens (tertiary/aromatic N) is 2. The standard InChI is InChI=1S/C17H29N2O5P/c1-5-23-25(21,24-6-2)17(19-11-9-18(3)10-12-19)14-7-8-15(20)16(13-14)22-4/h7-8,13,17,20H,5-6,9-12H2,1-4H3. The van der Waals surface area contributed by atoms with Crippen LogP contribution in [-0.2, 0) is 13.6 Å². The molecule has 2 rings (SSSR count). The molecule has 1 aliphatic heterocycles. The number of phenols is 1. The molecule has 0 spiro atoms. The monoisotopic (exact) mass is 372 g/mol. The van der Waals surface area contributed by atoms with Crippen molar-refractivity contribution in [2.75, 3.05) is 53.6 Å². The minimum atomic E-state index is -3.41. The summed E-state index contributed by atoms with van der Waals surface area (Å²) >= 11 is 0. The Kier molecular flexibility index (Phi) is 7.28. The van der Waals surface area contributed by atoms with E-state index < -0.39 is 13.4 Å². The second-order valence-corrected chi connectivity index (χ2v) is 8.10. The summed E-state index contributed by atoms with van der Waals surface area (Å²) in [5, 5.41) is 9.89. The van der Waals surface area contributed by atoms with Gasteiger partial charge in [-0.2, -0.15) is 0 Å². The van der Waals surface area contributed by atoms with Gasteiger partial charge >= 0.3 is 7.60 Å². The molecule has 0 aliphatic carbocycles. The number of methoxy groups -OCH3 is 1. The van der Waals surface area contributed by atoms with Gasteiger partial charge in [0, 0.05) is 26.2 Å². The average Bonchev–Trinajstić information content (AvgIpc) is 2.58. The van der Waals surface area contributed by atoms with Gasteiger partial charge in [0.1, 0.15) is 5.78 Å². The van der Waals surface area contributed by atoms with Crippen LogP contribution in [0.25, 0.3) is 0 Å². The number of hydrogen-bond donors (Lipinski definition) is 1. The molecule has 0 aromatic heterocycles. The Balaban J connectivity index is 2.45. The molecule has 1 fully saturated rings. The van der Waals surface area contributed by atoms with Crippen LogP contribution < -0.4 is 4.74 Å². The third-order valence-corrected chi connectivity index (χ3v) is 6.76. The molecule has 1 aliphatic rings. The molecule has 1 saturated heterocycles. The number of phenolic OH excluding ortho intramolecular Hbond substituents is 1. The Morgan fingerprint density at radius 1 is 1.16 bits per heavy atom. The van der Waals surface area contributed by atoms with Gasteiger partial charge in [0.05, 0.1) is 20.3 Å². The highest BCUT2D eigenvalue weighted by atomic mass is 31.2. The molecule has 1 heterocycles. The fourth-order valence-electron chi connectivity index (χ4n) is 3.05. The Bertz CT molecular complexity index is 595. The third-order valence-electron chi connectivity index (χ3n) is 4.30. The van der Waals surface area contributed by atoms with Gasteiger partial charge in [0.2, 0.25) is 0 Å². The lowest BCUT2D eigenvalue weighted by Gasteiger charge is -2.40. The summed E-state index contributed by atoms with van der Waals surface area (Å²) in [5.74, 6) is -0.141. The zero-order chi connectivity index (χ0) is 18.4. The van der Waals surface area contributed by atoms with Gasteiger partial charge in [-0.3, -0.25) is 9.46 Å². The number of likely N-dealkylation sites (N-methyl/N-ethyl adjacent to an activating group) is 1. The molecule has 1 aromatic rings. The minimum Gasteiger partial charge on any atom is -0.504 e. The van der Waals surface area contributed by atoms with E-state index >= 15 is 0 Å². The molecule has 0 radical (unpaired) electrons. The largest absolute Gasteiger partial charge is 0.504 e. The lowest BCUT2D eigenvalue weighted by atomic mass is 10.1. The van der Waals surface area contributed by atoms with Gasteiger partial charge in [-0.25, -0.2) is 0 Å². The van der Waals surface area contributed by atoms with Crippen molar-refractivity contribution in [2.24, 2.45) is 0 Å². The van der Waals surface area contributed by atoms with E-state index in [1.54, 1.807) is 18.2 Å². The second-order valence-electron chi connectivity index (χ2n) is 6.02. The summed E-state index contributed by atoms with van der Waals surface area (Å²) in [6.45, 7) is 7.50. The summed E-state index contributed by atoms with van der Waals surface area (Å²) < 4.78 is 30.1. The minimum absolute atomic E-state index is 0.0472. The molecule has 1 aromatic carbocycles. The summed E-state index contributed by atoms with van der Waals surface area (Å²) in [6, 6.07) is 5.02. The van der Waals surface area contributed by atoms with Gasteiger partial charge in [0.25, 0.3) is 0 Å². The first kappa shape index (κ1) is 20.2. The van der Waals surface area contributed by atoms with Crippen LogP contribution in [0.4, 0.5) is 0 Å². The zero-order valence-corrected chi connectivity index (χ0v) is 16.4. The Hall–Kier alpha value is -1.11. The summed E-state index contributed by atoms with van der Waals surface area (Å²) in [6.07, 6.45) is 0. The van der Waals surface area contributed by atoms with E-state index in [9.17, 15) is 9.67 Å². The highest BCUT2D eigenvalue weighted by Gasteiger charge is 2.42. The lowest BCUT2D eigenvalue weighted by molar-refractivity contribution is 0.113. The molecule has 142 valence electrons. The SMILES string of the molecule is CCOP(=O)(OCC)C(c1ccc(O)c(OC)c1)N1CCN(C)CC1. The molecule has 1 unspecified atom stereocenters. The quantitative estimate of drug-likeness (QED) is 0.704. The van der Waals surface area contributed by atoms with Crippen molar-refractivity contribution in [2.45, 2.75) is 19.6 Å². The maximum atomic E-state index is 13.6. The number of piperazine rings is 1. The van der Waals surface area contributed by atoms with Gasteiger partial charge in [0.15, 0.2) is 11.5 Å². The van der Waals surface area contributed by atoms with Gasteiger partial charge in [-0.15, -0.1) is 0 Å². The smallest absolute Gasteiger partial charge is 0.352 e. The average molecular weight is 372 g/mol. The van der Waals surface area contributed by atoms with Crippen LogP contribution in [0.2, 0.25) is 0 Å². The molecular formula is C17H29N2O5P. The molecule has 7 nitrogen and oxygen atoms in total. The second kappa shape index (κ2) is 9.01. The van der Waals surface area contributed by atoms with Crippen molar-refractivity contribution >= 4 is 7.60 Å². The maximum Gasteiger partial charge on any atom is 0.352 e. The van der Waals surface area contributed by atoms with E-state index in [-0.39, 0.29) is 5.75 Å². The van der Waals surface area contributed by atoms with Crippen LogP contribution >= 0.6 is 7.60 Å². The van der Waals surface area contributed by atoms with Crippen molar-refractivity contribution in [3.63, 3.8) is 0 Å². The highest BCUT2D eigenvalue weighted by molar-refractivity contribution is 7.54. The molecule has 1 atom stereocenters. The summed E-state index contributed by atoms with van der Waals surface area (Å²) in [4.78, 5) is 4.37. The van der Waals surface area contributed by atoms with Crippen LogP contribution in [-0.4, -0.2) is 68.5 Å². The van der Waals surface area contributed by atoms with Gasteiger partial charge in [-0.05, 0) is 38.6 Å². The van der Waals surface area contributed by atoms with E-state index in [0.717, 1.165) is 31.7 Å². The van der Waals surface area contributed by atoms with Crippen LogP contribution in [0.15, 0.2) is 18.2 Å². The number of ether oxygens (including phenoxy) is 1. The Morgan fingerprint density at radius 3 is 2.28 bits per heavy atom. The molecule has 0 amide bonds. The van der Waals surface area contributed by atoms with Crippen molar-refractivity contribution in [1.82, 2.24) is 9.80 Å². The summed E-state index contributed by atoms with van der Waals surface area (Å²) in [7, 11) is 0.150. The molecule has 0 saturated carbocycles. The molecule has 1 N–H and O–H groups in total. The molecule has 0 bridgehead atoms. The predicted molar refractivity (Wildman–Crippen MR) is 97.3 cm³/mol. The van der Waals surface area contributed by atoms with Crippen LogP contribution in [0.5, 0.6) is 11.5 Å². The lowest BCUT2D eigenvalue weighted by Crippen LogP contribution is -2.46. The van der Waals surface area contributed by atoms with Gasteiger partial charge in [-0.1, -0.05) is 6.07 Å². The number of rotatable bonds is 8. The van der Waals surface area contributed by atoms with Crippen molar-refractivity contribution < 1.29 is 23.5 Å². The summed E-state index contributed by atoms with van der Waals surface area (Å²) in [5.41, 5.74) is 0.754. The Morgan fingerprint density at radius 2 is 1.76 bits per heavy atom. The normalized spacial score (nSPS) is 18.2. The van der Waals surface area contributed by atoms with E-state index in [0.29, 0.717) is 19.0 Å². The Labute approximate surface area is 150 Å². The number of hydrogen-bond acceptors (Lipinski definition) is 7. The molecular weight excluding hydrogens is 343 g/mol. The molecule has 25 heavy (non-hydrogen) atoms. The first-order chi connectivity index (χ1) is 11.9. The van der Waals surface area contributed by atoms with Crippen molar-refractivity contribution in [1.29, 1.82) is 0 Å². The highest BCUT2D eigenvalue weighted by Crippen LogP contribution is 2.62. The molecule has 8 heteroatoms. The van der Waals surface area contributed by atoms with E-state index in [1.807, 2.05) is 13.8 Å². The van der Waals surface area contributed by atoms with E-state index in [4.69, 9.17) is 13.8 Å². The first-order valence-electron chi connectivity index (χ1n) is 8.63. The van der Waals surface area contributed by atoms with E-state index in [1.165, 1.54) is 7.11 Å². The number of aromatic hydroxyl groups is 1. The van der Waals surface area contributed by atoms with Crippen molar-refractivity contribution in [3.8, 4) is 11.5 Å². The predicted octanol–water partition coefficient (Wildman–Crippen LogP) is 2.91. The fraction of sp³-hybridized carbons (Fsp3) is 0.647. The maximum absolute atomic E-state index is 13.6. The van der Waals surface area contributed by atoms with E-state index in [2.05, 4.69) is 16.8 Å². The van der Waals surface area contributed by atoms with Crippen LogP contribution in [0, 0.1) is 0 Å². The first-order valence-corrected chi connectivity index (χ1v) is 10.2.